The average molecular weight is 309 g/mol. The molecule has 1 heterocycles. The van der Waals surface area contributed by atoms with E-state index in [1.54, 1.807) is 12.3 Å². The highest BCUT2D eigenvalue weighted by molar-refractivity contribution is 9.10. The Kier molecular flexibility index (Phi) is 3.87. The SMILES string of the molecule is COc1cc(Br)cnc1C(=O)CBr. The molecule has 70 valence electrons. The summed E-state index contributed by atoms with van der Waals surface area (Å²) in [4.78, 5) is 15.3. The fraction of sp³-hybridized carbons (Fsp3) is 0.250. The van der Waals surface area contributed by atoms with Crippen molar-refractivity contribution in [2.45, 2.75) is 0 Å². The number of nitrogens with zero attached hydrogens (tertiary/aromatic N) is 1. The summed E-state index contributed by atoms with van der Waals surface area (Å²) in [6, 6.07) is 1.71. The van der Waals surface area contributed by atoms with E-state index in [4.69, 9.17) is 4.74 Å². The lowest BCUT2D eigenvalue weighted by atomic mass is 10.2. The van der Waals surface area contributed by atoms with Crippen LogP contribution in [-0.4, -0.2) is 23.2 Å². The number of aromatic nitrogens is 1. The average Bonchev–Trinajstić information content (AvgIpc) is 2.16. The van der Waals surface area contributed by atoms with Gasteiger partial charge >= 0.3 is 0 Å². The van der Waals surface area contributed by atoms with Gasteiger partial charge in [-0.1, -0.05) is 15.9 Å². The van der Waals surface area contributed by atoms with E-state index in [1.165, 1.54) is 7.11 Å². The monoisotopic (exact) mass is 307 g/mol. The van der Waals surface area contributed by atoms with Crippen molar-refractivity contribution < 1.29 is 9.53 Å². The summed E-state index contributed by atoms with van der Waals surface area (Å²) in [5.74, 6) is 0.392. The number of methoxy groups -OCH3 is 1. The number of hydrogen-bond acceptors (Lipinski definition) is 3. The lowest BCUT2D eigenvalue weighted by Crippen LogP contribution is -2.05. The molecule has 0 aromatic carbocycles. The van der Waals surface area contributed by atoms with Gasteiger partial charge in [-0.2, -0.15) is 0 Å². The Morgan fingerprint density at radius 2 is 2.38 bits per heavy atom. The number of hydrogen-bond donors (Lipinski definition) is 0. The Balaban J connectivity index is 3.13. The summed E-state index contributed by atoms with van der Waals surface area (Å²) in [6.45, 7) is 0. The molecular formula is C8H7Br2NO2. The van der Waals surface area contributed by atoms with E-state index in [0.29, 0.717) is 11.4 Å². The summed E-state index contributed by atoms with van der Waals surface area (Å²) in [5.41, 5.74) is 0.350. The zero-order valence-electron chi connectivity index (χ0n) is 6.88. The first kappa shape index (κ1) is 10.7. The van der Waals surface area contributed by atoms with Crippen LogP contribution in [0.5, 0.6) is 5.75 Å². The zero-order valence-corrected chi connectivity index (χ0v) is 10.1. The molecule has 5 heteroatoms. The minimum Gasteiger partial charge on any atom is -0.494 e. The van der Waals surface area contributed by atoms with Crippen LogP contribution < -0.4 is 4.74 Å². The molecule has 0 atom stereocenters. The number of carbonyl (C=O) groups excluding carboxylic acids is 1. The largest absolute Gasteiger partial charge is 0.494 e. The molecule has 13 heavy (non-hydrogen) atoms. The molecule has 1 rings (SSSR count). The van der Waals surface area contributed by atoms with Crippen molar-refractivity contribution in [3.63, 3.8) is 0 Å². The van der Waals surface area contributed by atoms with E-state index in [-0.39, 0.29) is 11.1 Å². The molecule has 3 nitrogen and oxygen atoms in total. The van der Waals surface area contributed by atoms with Crippen molar-refractivity contribution in [3.8, 4) is 5.75 Å². The van der Waals surface area contributed by atoms with Gasteiger partial charge in [0.25, 0.3) is 0 Å². The second-order valence-corrected chi connectivity index (χ2v) is 3.74. The molecule has 1 aromatic heterocycles. The summed E-state index contributed by atoms with van der Waals surface area (Å²) >= 11 is 6.32. The fourth-order valence-electron chi connectivity index (χ4n) is 0.849. The lowest BCUT2D eigenvalue weighted by molar-refractivity contribution is 0.101. The smallest absolute Gasteiger partial charge is 0.195 e. The Bertz CT molecular complexity index is 328. The number of ether oxygens (including phenoxy) is 1. The van der Waals surface area contributed by atoms with E-state index in [9.17, 15) is 4.79 Å². The molecule has 0 unspecified atom stereocenters. The quantitative estimate of drug-likeness (QED) is 0.636. The van der Waals surface area contributed by atoms with Crippen LogP contribution >= 0.6 is 31.9 Å². The third kappa shape index (κ3) is 2.51. The number of alkyl halides is 1. The molecule has 1 aromatic rings. The molecule has 0 amide bonds. The maximum atomic E-state index is 11.3. The van der Waals surface area contributed by atoms with Crippen LogP contribution in [0.15, 0.2) is 16.7 Å². The Morgan fingerprint density at radius 3 is 2.92 bits per heavy atom. The molecule has 0 fully saturated rings. The highest BCUT2D eigenvalue weighted by Gasteiger charge is 2.12. The first-order chi connectivity index (χ1) is 6.19. The topological polar surface area (TPSA) is 39.2 Å². The van der Waals surface area contributed by atoms with E-state index >= 15 is 0 Å². The van der Waals surface area contributed by atoms with Crippen LogP contribution in [0.3, 0.4) is 0 Å². The minimum atomic E-state index is -0.0932. The molecule has 0 saturated carbocycles. The number of Topliss-reactive ketones (excluding diaryl/α,β-unsaturated/α-hetero) is 1. The third-order valence-corrected chi connectivity index (χ3v) is 2.37. The molecule has 0 N–H and O–H groups in total. The molecule has 0 bridgehead atoms. The maximum absolute atomic E-state index is 11.3. The summed E-state index contributed by atoms with van der Waals surface area (Å²) in [5, 5.41) is 0.248. The Morgan fingerprint density at radius 1 is 1.69 bits per heavy atom. The van der Waals surface area contributed by atoms with E-state index < -0.39 is 0 Å². The van der Waals surface area contributed by atoms with Crippen LogP contribution in [0, 0.1) is 0 Å². The second kappa shape index (κ2) is 4.72. The third-order valence-electron chi connectivity index (χ3n) is 1.42. The van der Waals surface area contributed by atoms with Crippen LogP contribution in [-0.2, 0) is 0 Å². The maximum Gasteiger partial charge on any atom is 0.195 e. The van der Waals surface area contributed by atoms with Crippen molar-refractivity contribution in [2.75, 3.05) is 12.4 Å². The molecular weight excluding hydrogens is 302 g/mol. The van der Waals surface area contributed by atoms with Crippen molar-refractivity contribution in [3.05, 3.63) is 22.4 Å². The van der Waals surface area contributed by atoms with Gasteiger partial charge in [0.05, 0.1) is 12.4 Å². The second-order valence-electron chi connectivity index (χ2n) is 2.26. The molecule has 0 radical (unpaired) electrons. The predicted molar refractivity (Wildman–Crippen MR) is 56.6 cm³/mol. The number of halogens is 2. The van der Waals surface area contributed by atoms with Crippen molar-refractivity contribution in [2.24, 2.45) is 0 Å². The number of carbonyl (C=O) groups is 1. The van der Waals surface area contributed by atoms with Gasteiger partial charge in [-0.15, -0.1) is 0 Å². The zero-order chi connectivity index (χ0) is 9.84. The van der Waals surface area contributed by atoms with Gasteiger partial charge in [-0.25, -0.2) is 4.98 Å². The first-order valence-corrected chi connectivity index (χ1v) is 5.39. The van der Waals surface area contributed by atoms with E-state index in [0.717, 1.165) is 4.47 Å². The number of rotatable bonds is 3. The van der Waals surface area contributed by atoms with Gasteiger partial charge < -0.3 is 4.74 Å². The van der Waals surface area contributed by atoms with Gasteiger partial charge in [0.1, 0.15) is 11.4 Å². The van der Waals surface area contributed by atoms with Crippen molar-refractivity contribution >= 4 is 37.6 Å². The first-order valence-electron chi connectivity index (χ1n) is 3.47. The number of ketones is 1. The molecule has 0 aliphatic heterocycles. The Labute approximate surface area is 92.8 Å². The van der Waals surface area contributed by atoms with Crippen LogP contribution in [0.25, 0.3) is 0 Å². The molecule has 0 spiro atoms. The van der Waals surface area contributed by atoms with E-state index in [1.807, 2.05) is 0 Å². The van der Waals surface area contributed by atoms with Crippen LogP contribution in [0.4, 0.5) is 0 Å². The Hall–Kier alpha value is -0.420. The van der Waals surface area contributed by atoms with Gasteiger partial charge in [0.15, 0.2) is 5.78 Å². The molecule has 0 aliphatic carbocycles. The molecule has 0 saturated heterocycles. The highest BCUT2D eigenvalue weighted by Crippen LogP contribution is 2.21. The van der Waals surface area contributed by atoms with Gasteiger partial charge in [-0.05, 0) is 22.0 Å². The summed E-state index contributed by atoms with van der Waals surface area (Å²) in [6.07, 6.45) is 1.57. The highest BCUT2D eigenvalue weighted by atomic mass is 79.9. The van der Waals surface area contributed by atoms with Crippen molar-refractivity contribution in [1.82, 2.24) is 4.98 Å². The minimum absolute atomic E-state index is 0.0932. The fourth-order valence-corrected chi connectivity index (χ4v) is 1.42. The normalized spacial score (nSPS) is 9.77. The summed E-state index contributed by atoms with van der Waals surface area (Å²) < 4.78 is 5.80. The molecule has 0 aliphatic rings. The number of pyridine rings is 1. The van der Waals surface area contributed by atoms with Crippen LogP contribution in [0.2, 0.25) is 0 Å². The van der Waals surface area contributed by atoms with E-state index in [2.05, 4.69) is 36.8 Å². The summed E-state index contributed by atoms with van der Waals surface area (Å²) in [7, 11) is 1.51. The standard InChI is InChI=1S/C8H7Br2NO2/c1-13-7-2-5(10)4-11-8(7)6(12)3-9/h2,4H,3H2,1H3. The van der Waals surface area contributed by atoms with Gasteiger partial charge in [0.2, 0.25) is 0 Å². The van der Waals surface area contributed by atoms with Gasteiger partial charge in [-0.3, -0.25) is 4.79 Å². The lowest BCUT2D eigenvalue weighted by Gasteiger charge is -2.04. The predicted octanol–water partition coefficient (Wildman–Crippen LogP) is 2.43. The van der Waals surface area contributed by atoms with Gasteiger partial charge in [0, 0.05) is 10.7 Å². The van der Waals surface area contributed by atoms with Crippen LogP contribution in [0.1, 0.15) is 10.5 Å². The van der Waals surface area contributed by atoms with Crippen molar-refractivity contribution in [1.29, 1.82) is 0 Å².